The molecule has 0 unspecified atom stereocenters. The summed E-state index contributed by atoms with van der Waals surface area (Å²) in [4.78, 5) is 22.8. The van der Waals surface area contributed by atoms with Crippen molar-refractivity contribution < 1.29 is 26.9 Å². The molecule has 0 fully saturated rings. The van der Waals surface area contributed by atoms with Crippen LogP contribution >= 0.6 is 0 Å². The number of nitrogens with one attached hydrogen (secondary N) is 1. The predicted octanol–water partition coefficient (Wildman–Crippen LogP) is 3.71. The van der Waals surface area contributed by atoms with Gasteiger partial charge in [-0.05, 0) is 30.3 Å². The van der Waals surface area contributed by atoms with Gasteiger partial charge in [0.15, 0.2) is 11.6 Å². The second-order valence-corrected chi connectivity index (χ2v) is 8.14. The summed E-state index contributed by atoms with van der Waals surface area (Å²) in [5, 5.41) is 13.4. The second kappa shape index (κ2) is 8.88. The van der Waals surface area contributed by atoms with E-state index in [-0.39, 0.29) is 22.0 Å². The maximum absolute atomic E-state index is 13.4. The number of benzene rings is 3. The van der Waals surface area contributed by atoms with Crippen molar-refractivity contribution in [1.29, 1.82) is 0 Å². The highest BCUT2D eigenvalue weighted by molar-refractivity contribution is 7.92. The molecule has 1 N–H and O–H groups in total. The highest BCUT2D eigenvalue weighted by atomic mass is 32.2. The van der Waals surface area contributed by atoms with Gasteiger partial charge >= 0.3 is 0 Å². The Hall–Kier alpha value is -3.86. The summed E-state index contributed by atoms with van der Waals surface area (Å²) in [5.41, 5.74) is -0.565. The van der Waals surface area contributed by atoms with Gasteiger partial charge in [0.1, 0.15) is 6.54 Å². The molecule has 3 aromatic carbocycles. The molecule has 3 rings (SSSR count). The molecule has 0 aliphatic heterocycles. The number of non-ortho nitro benzene ring substituents is 1. The first kappa shape index (κ1) is 21.8. The Labute approximate surface area is 175 Å². The first-order valence-corrected chi connectivity index (χ1v) is 10.2. The van der Waals surface area contributed by atoms with Crippen LogP contribution in [0.2, 0.25) is 0 Å². The number of anilines is 2. The van der Waals surface area contributed by atoms with Gasteiger partial charge in [-0.3, -0.25) is 19.2 Å². The van der Waals surface area contributed by atoms with E-state index in [4.69, 9.17) is 0 Å². The monoisotopic (exact) mass is 447 g/mol. The van der Waals surface area contributed by atoms with Crippen LogP contribution in [0.3, 0.4) is 0 Å². The van der Waals surface area contributed by atoms with Gasteiger partial charge in [-0.1, -0.05) is 24.3 Å². The number of sulfonamides is 1. The molecule has 0 bridgehead atoms. The third-order valence-corrected chi connectivity index (χ3v) is 5.94. The van der Waals surface area contributed by atoms with E-state index >= 15 is 0 Å². The Bertz CT molecular complexity index is 1240. The van der Waals surface area contributed by atoms with Crippen LogP contribution < -0.4 is 9.62 Å². The Kier molecular flexibility index (Phi) is 6.25. The zero-order valence-electron chi connectivity index (χ0n) is 15.7. The summed E-state index contributed by atoms with van der Waals surface area (Å²) in [7, 11) is -4.28. The molecule has 0 atom stereocenters. The van der Waals surface area contributed by atoms with Crippen molar-refractivity contribution in [2.45, 2.75) is 4.90 Å². The van der Waals surface area contributed by atoms with E-state index < -0.39 is 39.0 Å². The molecule has 0 aliphatic rings. The first-order valence-electron chi connectivity index (χ1n) is 8.75. The number of amides is 1. The molecular formula is C20H15F2N3O5S. The number of carbonyl (C=O) groups excluding carboxylic acids is 1. The van der Waals surface area contributed by atoms with Gasteiger partial charge in [0.25, 0.3) is 15.7 Å². The lowest BCUT2D eigenvalue weighted by atomic mass is 10.2. The lowest BCUT2D eigenvalue weighted by Gasteiger charge is -2.24. The summed E-state index contributed by atoms with van der Waals surface area (Å²) in [5.74, 6) is -3.16. The first-order chi connectivity index (χ1) is 14.7. The van der Waals surface area contributed by atoms with E-state index in [0.29, 0.717) is 4.31 Å². The second-order valence-electron chi connectivity index (χ2n) is 6.28. The minimum absolute atomic E-state index is 0.0833. The van der Waals surface area contributed by atoms with E-state index in [1.165, 1.54) is 42.5 Å². The van der Waals surface area contributed by atoms with Crippen molar-refractivity contribution in [3.05, 3.63) is 94.5 Å². The van der Waals surface area contributed by atoms with Crippen LogP contribution in [-0.2, 0) is 14.8 Å². The zero-order valence-corrected chi connectivity index (χ0v) is 16.6. The van der Waals surface area contributed by atoms with E-state index in [1.807, 2.05) is 0 Å². The third kappa shape index (κ3) is 5.01. The maximum Gasteiger partial charge on any atom is 0.271 e. The normalized spacial score (nSPS) is 11.0. The number of hydrogen-bond acceptors (Lipinski definition) is 5. The predicted molar refractivity (Wildman–Crippen MR) is 109 cm³/mol. The Morgan fingerprint density at radius 3 is 2.32 bits per heavy atom. The number of nitrogens with zero attached hydrogens (tertiary/aromatic N) is 2. The van der Waals surface area contributed by atoms with Crippen molar-refractivity contribution in [3.8, 4) is 0 Å². The van der Waals surface area contributed by atoms with Crippen LogP contribution in [0.1, 0.15) is 0 Å². The van der Waals surface area contributed by atoms with E-state index in [2.05, 4.69) is 5.32 Å². The van der Waals surface area contributed by atoms with Crippen molar-refractivity contribution in [3.63, 3.8) is 0 Å². The largest absolute Gasteiger partial charge is 0.324 e. The SMILES string of the molecule is O=C(CN(c1cccc([N+](=O)[O-])c1)S(=O)(=O)c1ccccc1)Nc1ccc(F)c(F)c1. The van der Waals surface area contributed by atoms with Crippen LogP contribution in [0.5, 0.6) is 0 Å². The molecule has 0 radical (unpaired) electrons. The number of nitro groups is 1. The Morgan fingerprint density at radius 1 is 0.968 bits per heavy atom. The van der Waals surface area contributed by atoms with Gasteiger partial charge in [0.05, 0.1) is 15.5 Å². The molecular weight excluding hydrogens is 432 g/mol. The summed E-state index contributed by atoms with van der Waals surface area (Å²) >= 11 is 0. The van der Waals surface area contributed by atoms with Gasteiger partial charge in [0.2, 0.25) is 5.91 Å². The number of hydrogen-bond donors (Lipinski definition) is 1. The minimum Gasteiger partial charge on any atom is -0.324 e. The molecule has 0 spiro atoms. The summed E-state index contributed by atoms with van der Waals surface area (Å²) in [6.07, 6.45) is 0. The average Bonchev–Trinajstić information content (AvgIpc) is 2.75. The fourth-order valence-electron chi connectivity index (χ4n) is 2.70. The fraction of sp³-hybridized carbons (Fsp3) is 0.0500. The van der Waals surface area contributed by atoms with E-state index in [9.17, 15) is 32.1 Å². The summed E-state index contributed by atoms with van der Waals surface area (Å²) in [6, 6.07) is 14.7. The van der Waals surface area contributed by atoms with Crippen molar-refractivity contribution in [2.75, 3.05) is 16.2 Å². The maximum atomic E-state index is 13.4. The van der Waals surface area contributed by atoms with E-state index in [0.717, 1.165) is 24.3 Å². The van der Waals surface area contributed by atoms with Crippen LogP contribution in [0.25, 0.3) is 0 Å². The van der Waals surface area contributed by atoms with Crippen molar-refractivity contribution in [2.24, 2.45) is 0 Å². The quantitative estimate of drug-likeness (QED) is 0.439. The lowest BCUT2D eigenvalue weighted by Crippen LogP contribution is -2.38. The summed E-state index contributed by atoms with van der Waals surface area (Å²) < 4.78 is 53.5. The van der Waals surface area contributed by atoms with Crippen LogP contribution in [0.4, 0.5) is 25.8 Å². The average molecular weight is 447 g/mol. The van der Waals surface area contributed by atoms with Gasteiger partial charge in [0, 0.05) is 23.9 Å². The number of carbonyl (C=O) groups is 1. The molecule has 0 aromatic heterocycles. The fourth-order valence-corrected chi connectivity index (χ4v) is 4.14. The Morgan fingerprint density at radius 2 is 1.68 bits per heavy atom. The molecule has 0 heterocycles. The van der Waals surface area contributed by atoms with Gasteiger partial charge in [-0.2, -0.15) is 0 Å². The zero-order chi connectivity index (χ0) is 22.6. The van der Waals surface area contributed by atoms with Crippen molar-refractivity contribution >= 4 is 33.0 Å². The van der Waals surface area contributed by atoms with Crippen LogP contribution in [0.15, 0.2) is 77.7 Å². The molecule has 11 heteroatoms. The number of rotatable bonds is 7. The third-order valence-electron chi connectivity index (χ3n) is 4.15. The topological polar surface area (TPSA) is 110 Å². The molecule has 31 heavy (non-hydrogen) atoms. The molecule has 0 saturated heterocycles. The van der Waals surface area contributed by atoms with E-state index in [1.54, 1.807) is 6.07 Å². The smallest absolute Gasteiger partial charge is 0.271 e. The van der Waals surface area contributed by atoms with Gasteiger partial charge in [-0.25, -0.2) is 17.2 Å². The van der Waals surface area contributed by atoms with Crippen molar-refractivity contribution in [1.82, 2.24) is 0 Å². The highest BCUT2D eigenvalue weighted by Gasteiger charge is 2.28. The molecule has 0 saturated carbocycles. The highest BCUT2D eigenvalue weighted by Crippen LogP contribution is 2.27. The Balaban J connectivity index is 1.97. The van der Waals surface area contributed by atoms with Crippen LogP contribution in [-0.4, -0.2) is 25.8 Å². The molecule has 8 nitrogen and oxygen atoms in total. The van der Waals surface area contributed by atoms with Crippen LogP contribution in [0, 0.1) is 21.7 Å². The molecule has 160 valence electrons. The number of halogens is 2. The molecule has 0 aliphatic carbocycles. The summed E-state index contributed by atoms with van der Waals surface area (Å²) in [6.45, 7) is -0.766. The standard InChI is InChI=1S/C20H15F2N3O5S/c21-18-10-9-14(11-19(18)22)23-20(26)13-24(15-5-4-6-16(12-15)25(27)28)31(29,30)17-7-2-1-3-8-17/h1-12H,13H2,(H,23,26). The van der Waals surface area contributed by atoms with Gasteiger partial charge < -0.3 is 5.32 Å². The minimum atomic E-state index is -4.28. The number of nitro benzene ring substituents is 1. The van der Waals surface area contributed by atoms with Gasteiger partial charge in [-0.15, -0.1) is 0 Å². The lowest BCUT2D eigenvalue weighted by molar-refractivity contribution is -0.384. The molecule has 1 amide bonds. The molecule has 3 aromatic rings.